The second kappa shape index (κ2) is 7.87. The fraction of sp³-hybridized carbons (Fsp3) is 0.467. The summed E-state index contributed by atoms with van der Waals surface area (Å²) in [6.45, 7) is 3.82. The van der Waals surface area contributed by atoms with Gasteiger partial charge in [-0.2, -0.15) is 11.3 Å². The van der Waals surface area contributed by atoms with Crippen LogP contribution < -0.4 is 5.32 Å². The molecule has 0 saturated heterocycles. The lowest BCUT2D eigenvalue weighted by atomic mass is 10.0. The summed E-state index contributed by atoms with van der Waals surface area (Å²) in [7, 11) is 0. The van der Waals surface area contributed by atoms with Crippen molar-refractivity contribution in [3.8, 4) is 11.5 Å². The summed E-state index contributed by atoms with van der Waals surface area (Å²) in [5.74, 6) is -0.402. The van der Waals surface area contributed by atoms with E-state index >= 15 is 0 Å². The van der Waals surface area contributed by atoms with Gasteiger partial charge in [0.2, 0.25) is 17.7 Å². The maximum absolute atomic E-state index is 11.9. The van der Waals surface area contributed by atoms with Crippen LogP contribution in [0.1, 0.15) is 32.6 Å². The molecule has 0 fully saturated rings. The van der Waals surface area contributed by atoms with Crippen LogP contribution in [0, 0.1) is 5.92 Å². The zero-order valence-electron chi connectivity index (χ0n) is 13.0. The van der Waals surface area contributed by atoms with Crippen LogP contribution in [0.5, 0.6) is 0 Å². The molecule has 2 rings (SSSR count). The maximum atomic E-state index is 11.9. The molecule has 0 aliphatic heterocycles. The van der Waals surface area contributed by atoms with E-state index in [0.29, 0.717) is 18.2 Å². The van der Waals surface area contributed by atoms with Gasteiger partial charge in [0.1, 0.15) is 6.04 Å². The van der Waals surface area contributed by atoms with Crippen molar-refractivity contribution in [2.45, 2.75) is 39.2 Å². The van der Waals surface area contributed by atoms with Crippen molar-refractivity contribution in [1.29, 1.82) is 0 Å². The van der Waals surface area contributed by atoms with Gasteiger partial charge in [-0.1, -0.05) is 13.8 Å². The Labute approximate surface area is 137 Å². The van der Waals surface area contributed by atoms with Gasteiger partial charge in [0.15, 0.2) is 0 Å². The van der Waals surface area contributed by atoms with E-state index in [1.165, 1.54) is 11.3 Å². The summed E-state index contributed by atoms with van der Waals surface area (Å²) in [5, 5.41) is 23.3. The molecule has 2 aromatic rings. The fourth-order valence-electron chi connectivity index (χ4n) is 2.04. The lowest BCUT2D eigenvalue weighted by Gasteiger charge is -2.16. The fourth-order valence-corrected chi connectivity index (χ4v) is 2.67. The number of aromatic nitrogens is 2. The Morgan fingerprint density at radius 2 is 2.17 bits per heavy atom. The topological polar surface area (TPSA) is 105 Å². The number of carbonyl (C=O) groups excluding carboxylic acids is 1. The minimum atomic E-state index is -1.02. The van der Waals surface area contributed by atoms with Gasteiger partial charge in [-0.15, -0.1) is 10.2 Å². The zero-order chi connectivity index (χ0) is 16.8. The van der Waals surface area contributed by atoms with Crippen LogP contribution in [-0.4, -0.2) is 33.2 Å². The molecule has 0 aliphatic rings. The summed E-state index contributed by atoms with van der Waals surface area (Å²) >= 11 is 1.53. The van der Waals surface area contributed by atoms with E-state index < -0.39 is 12.0 Å². The zero-order valence-corrected chi connectivity index (χ0v) is 13.8. The highest BCUT2D eigenvalue weighted by atomic mass is 32.1. The molecular weight excluding hydrogens is 318 g/mol. The van der Waals surface area contributed by atoms with Crippen LogP contribution in [0.4, 0.5) is 0 Å². The molecule has 0 aliphatic carbocycles. The first-order valence-electron chi connectivity index (χ1n) is 7.33. The highest BCUT2D eigenvalue weighted by Crippen LogP contribution is 2.20. The van der Waals surface area contributed by atoms with Gasteiger partial charge in [-0.05, 0) is 23.8 Å². The van der Waals surface area contributed by atoms with Crippen molar-refractivity contribution in [2.75, 3.05) is 0 Å². The molecule has 0 spiro atoms. The number of amides is 1. The molecule has 7 nitrogen and oxygen atoms in total. The molecule has 124 valence electrons. The van der Waals surface area contributed by atoms with Crippen LogP contribution in [0.2, 0.25) is 0 Å². The van der Waals surface area contributed by atoms with Crippen molar-refractivity contribution in [1.82, 2.24) is 15.5 Å². The third-order valence-electron chi connectivity index (χ3n) is 3.14. The molecule has 23 heavy (non-hydrogen) atoms. The number of nitrogens with one attached hydrogen (secondary N) is 1. The largest absolute Gasteiger partial charge is 0.480 e. The lowest BCUT2D eigenvalue weighted by Crippen LogP contribution is -2.41. The van der Waals surface area contributed by atoms with Crippen molar-refractivity contribution >= 4 is 23.2 Å². The van der Waals surface area contributed by atoms with Crippen molar-refractivity contribution < 1.29 is 19.1 Å². The van der Waals surface area contributed by atoms with E-state index in [1.54, 1.807) is 0 Å². The van der Waals surface area contributed by atoms with E-state index in [0.717, 1.165) is 5.56 Å². The second-order valence-corrected chi connectivity index (χ2v) is 6.38. The quantitative estimate of drug-likeness (QED) is 0.766. The molecule has 0 bridgehead atoms. The van der Waals surface area contributed by atoms with E-state index in [9.17, 15) is 9.59 Å². The van der Waals surface area contributed by atoms with Crippen LogP contribution in [-0.2, 0) is 16.0 Å². The van der Waals surface area contributed by atoms with Gasteiger partial charge in [0, 0.05) is 23.8 Å². The summed E-state index contributed by atoms with van der Waals surface area (Å²) in [5.41, 5.74) is 0.848. The van der Waals surface area contributed by atoms with E-state index in [1.807, 2.05) is 30.7 Å². The second-order valence-electron chi connectivity index (χ2n) is 5.60. The number of rotatable bonds is 8. The van der Waals surface area contributed by atoms with E-state index in [4.69, 9.17) is 9.52 Å². The average molecular weight is 337 g/mol. The first-order valence-corrected chi connectivity index (χ1v) is 8.27. The van der Waals surface area contributed by atoms with Gasteiger partial charge in [-0.25, -0.2) is 4.79 Å². The van der Waals surface area contributed by atoms with Crippen LogP contribution in [0.15, 0.2) is 21.2 Å². The molecule has 2 heterocycles. The molecule has 1 unspecified atom stereocenters. The Hall–Kier alpha value is -2.22. The monoisotopic (exact) mass is 337 g/mol. The number of nitrogens with zero attached hydrogens (tertiary/aromatic N) is 2. The lowest BCUT2D eigenvalue weighted by molar-refractivity contribution is -0.142. The normalized spacial score (nSPS) is 12.3. The molecule has 8 heteroatoms. The Balaban J connectivity index is 1.85. The summed E-state index contributed by atoms with van der Waals surface area (Å²) < 4.78 is 5.48. The molecule has 0 radical (unpaired) electrons. The highest BCUT2D eigenvalue weighted by molar-refractivity contribution is 7.08. The summed E-state index contributed by atoms with van der Waals surface area (Å²) in [6.07, 6.45) is 0.772. The Bertz CT molecular complexity index is 651. The van der Waals surface area contributed by atoms with Gasteiger partial charge in [-0.3, -0.25) is 4.79 Å². The number of aryl methyl sites for hydroxylation is 1. The van der Waals surface area contributed by atoms with Gasteiger partial charge in [0.05, 0.1) is 0 Å². The Morgan fingerprint density at radius 3 is 2.78 bits per heavy atom. The standard InChI is InChI=1S/C15H19N3O4S/c1-9(2)7-11(15(20)21)16-12(19)3-4-13-17-18-14(22-13)10-5-6-23-8-10/h5-6,8-9,11H,3-4,7H2,1-2H3,(H,16,19)(H,20,21). The smallest absolute Gasteiger partial charge is 0.326 e. The number of carboxylic acids is 1. The number of hydrogen-bond donors (Lipinski definition) is 2. The van der Waals surface area contributed by atoms with Gasteiger partial charge < -0.3 is 14.8 Å². The molecule has 0 saturated carbocycles. The van der Waals surface area contributed by atoms with Crippen molar-refractivity contribution in [3.63, 3.8) is 0 Å². The maximum Gasteiger partial charge on any atom is 0.326 e. The number of hydrogen-bond acceptors (Lipinski definition) is 6. The van der Waals surface area contributed by atoms with Crippen LogP contribution in [0.3, 0.4) is 0 Å². The van der Waals surface area contributed by atoms with Crippen molar-refractivity contribution in [3.05, 3.63) is 22.7 Å². The molecule has 1 amide bonds. The third kappa shape index (κ3) is 5.17. The predicted octanol–water partition coefficient (Wildman–Crippen LogP) is 2.35. The van der Waals surface area contributed by atoms with E-state index in [2.05, 4.69) is 15.5 Å². The van der Waals surface area contributed by atoms with Gasteiger partial charge >= 0.3 is 5.97 Å². The minimum Gasteiger partial charge on any atom is -0.480 e. The van der Waals surface area contributed by atoms with Crippen LogP contribution >= 0.6 is 11.3 Å². The Kier molecular flexibility index (Phi) is 5.86. The first kappa shape index (κ1) is 17.1. The number of thiophene rings is 1. The number of carboxylic acid groups (broad SMARTS) is 1. The molecular formula is C15H19N3O4S. The predicted molar refractivity (Wildman–Crippen MR) is 85.0 cm³/mol. The summed E-state index contributed by atoms with van der Waals surface area (Å²) in [6, 6.07) is 1.00. The molecule has 1 atom stereocenters. The van der Waals surface area contributed by atoms with Gasteiger partial charge in [0.25, 0.3) is 0 Å². The average Bonchev–Trinajstić information content (AvgIpc) is 3.14. The summed E-state index contributed by atoms with van der Waals surface area (Å²) in [4.78, 5) is 23.0. The first-order chi connectivity index (χ1) is 11.0. The Morgan fingerprint density at radius 1 is 1.39 bits per heavy atom. The molecule has 0 aromatic carbocycles. The minimum absolute atomic E-state index is 0.104. The van der Waals surface area contributed by atoms with E-state index in [-0.39, 0.29) is 24.7 Å². The molecule has 2 N–H and O–H groups in total. The number of carbonyl (C=O) groups is 2. The molecule has 2 aromatic heterocycles. The van der Waals surface area contributed by atoms with Crippen LogP contribution in [0.25, 0.3) is 11.5 Å². The SMILES string of the molecule is CC(C)CC(NC(=O)CCc1nnc(-c2ccsc2)o1)C(=O)O. The van der Waals surface area contributed by atoms with Crippen molar-refractivity contribution in [2.24, 2.45) is 5.92 Å². The number of aliphatic carboxylic acids is 1. The third-order valence-corrected chi connectivity index (χ3v) is 3.82. The highest BCUT2D eigenvalue weighted by Gasteiger charge is 2.21.